The van der Waals surface area contributed by atoms with Crippen LogP contribution in [0, 0.1) is 0 Å². The second-order valence-corrected chi connectivity index (χ2v) is 2.34. The van der Waals surface area contributed by atoms with E-state index in [0.717, 1.165) is 0 Å². The summed E-state index contributed by atoms with van der Waals surface area (Å²) in [6, 6.07) is 0. The second-order valence-electron chi connectivity index (χ2n) is 1.39. The third-order valence-corrected chi connectivity index (χ3v) is 1.43. The van der Waals surface area contributed by atoms with Gasteiger partial charge in [0.15, 0.2) is 0 Å². The van der Waals surface area contributed by atoms with Crippen molar-refractivity contribution in [3.05, 3.63) is 5.01 Å². The van der Waals surface area contributed by atoms with Crippen LogP contribution in [0.5, 0.6) is 5.19 Å². The monoisotopic (exact) mass is 210 g/mol. The first-order valence-electron chi connectivity index (χ1n) is 2.10. The fraction of sp³-hybridized carbons (Fsp3) is 0.333. The van der Waals surface area contributed by atoms with Gasteiger partial charge in [0.25, 0.3) is 5.19 Å². The van der Waals surface area contributed by atoms with Gasteiger partial charge in [0.1, 0.15) is 0 Å². The molecule has 1 aromatic rings. The molecule has 0 aromatic carbocycles. The van der Waals surface area contributed by atoms with E-state index in [9.17, 15) is 13.2 Å². The number of alkyl halides is 3. The molecule has 0 saturated heterocycles. The van der Waals surface area contributed by atoms with Crippen molar-refractivity contribution in [2.75, 3.05) is 0 Å². The molecule has 0 amide bonds. The van der Waals surface area contributed by atoms with Crippen molar-refractivity contribution < 1.29 is 18.3 Å². The van der Waals surface area contributed by atoms with Crippen molar-refractivity contribution in [3.63, 3.8) is 0 Å². The molecule has 0 saturated carbocycles. The van der Waals surface area contributed by atoms with Crippen LogP contribution in [0.2, 0.25) is 0 Å². The molecule has 1 heterocycles. The fourth-order valence-corrected chi connectivity index (χ4v) is 0.782. The number of halogens is 3. The summed E-state index contributed by atoms with van der Waals surface area (Å²) in [4.78, 5) is 0. The molecular weight excluding hydrogens is 208 g/mol. The molecule has 0 unspecified atom stereocenters. The van der Waals surface area contributed by atoms with Crippen LogP contribution in [0.25, 0.3) is 0 Å². The van der Waals surface area contributed by atoms with Crippen LogP contribution in [0.1, 0.15) is 5.01 Å². The summed E-state index contributed by atoms with van der Waals surface area (Å²) in [7, 11) is 0. The van der Waals surface area contributed by atoms with Crippen LogP contribution in [-0.2, 0) is 6.18 Å². The minimum atomic E-state index is -4.50. The van der Waals surface area contributed by atoms with E-state index in [1.807, 2.05) is 0 Å². The molecule has 8 heteroatoms. The van der Waals surface area contributed by atoms with E-state index in [2.05, 4.69) is 10.2 Å². The summed E-state index contributed by atoms with van der Waals surface area (Å²) in [5.41, 5.74) is 0. The molecule has 1 aromatic heterocycles. The molecule has 0 fully saturated rings. The van der Waals surface area contributed by atoms with Gasteiger partial charge in [0.2, 0.25) is 5.01 Å². The van der Waals surface area contributed by atoms with Crippen molar-refractivity contribution in [3.8, 4) is 5.19 Å². The van der Waals surface area contributed by atoms with Crippen LogP contribution in [0.3, 0.4) is 0 Å². The van der Waals surface area contributed by atoms with Gasteiger partial charge in [0.05, 0.1) is 0 Å². The predicted octanol–water partition coefficient (Wildman–Crippen LogP) is 0.614. The molecule has 0 aliphatic carbocycles. The number of aromatic hydroxyl groups is 1. The molecule has 0 aliphatic heterocycles. The Labute approximate surface area is 106 Å². The van der Waals surface area contributed by atoms with E-state index < -0.39 is 16.4 Å². The van der Waals surface area contributed by atoms with Gasteiger partial charge >= 0.3 is 57.6 Å². The summed E-state index contributed by atoms with van der Waals surface area (Å²) in [6.45, 7) is 0. The molecule has 0 spiro atoms. The summed E-state index contributed by atoms with van der Waals surface area (Å²) >= 11 is 0.103. The van der Waals surface area contributed by atoms with Gasteiger partial charge in [-0.2, -0.15) is 13.2 Å². The standard InChI is InChI=1S/C3HF3N2OS.K.H/c4-3(5,6)1-7-8-2(9)10-1;;/h(H,8,9);;. The zero-order valence-corrected chi connectivity index (χ0v) is 5.20. The minimum absolute atomic E-state index is 0. The van der Waals surface area contributed by atoms with Crippen LogP contribution in [0.15, 0.2) is 0 Å². The Morgan fingerprint density at radius 2 is 1.82 bits per heavy atom. The molecule has 58 valence electrons. The van der Waals surface area contributed by atoms with Gasteiger partial charge in [-0.15, -0.1) is 5.10 Å². The van der Waals surface area contributed by atoms with Crippen LogP contribution >= 0.6 is 11.3 Å². The summed E-state index contributed by atoms with van der Waals surface area (Å²) < 4.78 is 34.8. The van der Waals surface area contributed by atoms with E-state index in [1.165, 1.54) is 0 Å². The first kappa shape index (κ1) is 11.8. The third kappa shape index (κ3) is 3.34. The SMILES string of the molecule is Oc1nnc(C(F)(F)F)s1.[KH]. The van der Waals surface area contributed by atoms with Gasteiger partial charge in [-0.25, -0.2) is 0 Å². The van der Waals surface area contributed by atoms with Crippen molar-refractivity contribution in [1.29, 1.82) is 0 Å². The van der Waals surface area contributed by atoms with E-state index >= 15 is 0 Å². The Morgan fingerprint density at radius 3 is 2.00 bits per heavy atom. The molecule has 0 atom stereocenters. The quantitative estimate of drug-likeness (QED) is 0.638. The Morgan fingerprint density at radius 1 is 1.27 bits per heavy atom. The van der Waals surface area contributed by atoms with Crippen molar-refractivity contribution >= 4 is 62.7 Å². The van der Waals surface area contributed by atoms with Crippen molar-refractivity contribution in [1.82, 2.24) is 10.2 Å². The Kier molecular flexibility index (Phi) is 4.44. The van der Waals surface area contributed by atoms with Gasteiger partial charge in [-0.3, -0.25) is 0 Å². The second kappa shape index (κ2) is 4.15. The number of hydrogen-bond donors (Lipinski definition) is 1. The Bertz CT molecular complexity index is 237. The molecule has 0 aliphatic rings. The first-order valence-corrected chi connectivity index (χ1v) is 2.91. The van der Waals surface area contributed by atoms with E-state index in [0.29, 0.717) is 0 Å². The summed E-state index contributed by atoms with van der Waals surface area (Å²) in [5, 5.41) is 12.0. The maximum absolute atomic E-state index is 11.6. The zero-order chi connectivity index (χ0) is 7.78. The van der Waals surface area contributed by atoms with E-state index in [4.69, 9.17) is 5.11 Å². The fourth-order valence-electron chi connectivity index (χ4n) is 0.330. The third-order valence-electron chi connectivity index (χ3n) is 0.657. The van der Waals surface area contributed by atoms with Gasteiger partial charge in [0, 0.05) is 0 Å². The number of hydrogen-bond acceptors (Lipinski definition) is 4. The Balaban J connectivity index is 0.000001000. The molecule has 1 N–H and O–H groups in total. The van der Waals surface area contributed by atoms with Crippen LogP contribution in [0.4, 0.5) is 13.2 Å². The maximum atomic E-state index is 11.6. The topological polar surface area (TPSA) is 46.0 Å². The van der Waals surface area contributed by atoms with Crippen molar-refractivity contribution in [2.45, 2.75) is 6.18 Å². The van der Waals surface area contributed by atoms with E-state index in [1.54, 1.807) is 0 Å². The van der Waals surface area contributed by atoms with Crippen molar-refractivity contribution in [2.24, 2.45) is 0 Å². The zero-order valence-electron chi connectivity index (χ0n) is 4.38. The number of nitrogens with zero attached hydrogens (tertiary/aromatic N) is 2. The molecule has 0 bridgehead atoms. The summed E-state index contributed by atoms with van der Waals surface area (Å²) in [6.07, 6.45) is -4.50. The first-order chi connectivity index (χ1) is 4.50. The molecular formula is C3H2F3KN2OS. The normalized spacial score (nSPS) is 10.8. The van der Waals surface area contributed by atoms with Gasteiger partial charge in [-0.1, -0.05) is 16.4 Å². The summed E-state index contributed by atoms with van der Waals surface area (Å²) in [5.74, 6) is 0. The average molecular weight is 210 g/mol. The molecule has 1 rings (SSSR count). The van der Waals surface area contributed by atoms with Gasteiger partial charge < -0.3 is 5.11 Å². The Hall–Kier alpha value is 0.786. The number of rotatable bonds is 0. The van der Waals surface area contributed by atoms with Crippen LogP contribution in [-0.4, -0.2) is 66.7 Å². The van der Waals surface area contributed by atoms with Crippen LogP contribution < -0.4 is 0 Å². The predicted molar refractivity (Wildman–Crippen MR) is 33.7 cm³/mol. The molecule has 3 nitrogen and oxygen atoms in total. The van der Waals surface area contributed by atoms with E-state index in [-0.39, 0.29) is 62.7 Å². The molecule has 11 heavy (non-hydrogen) atoms. The van der Waals surface area contributed by atoms with Gasteiger partial charge in [-0.05, 0) is 0 Å². The average Bonchev–Trinajstić information content (AvgIpc) is 2.11. The molecule has 0 radical (unpaired) electrons. The number of aromatic nitrogens is 2.